The number of ether oxygens (including phenoxy) is 1. The van der Waals surface area contributed by atoms with Gasteiger partial charge in [-0.15, -0.1) is 11.8 Å². The number of nitrogens with one attached hydrogen (secondary N) is 1. The Bertz CT molecular complexity index is 452. The molecular formula is C17H27N3OS. The minimum atomic E-state index is 0.732. The molecule has 1 unspecified atom stereocenters. The summed E-state index contributed by atoms with van der Waals surface area (Å²) in [6.07, 6.45) is 1.24. The minimum absolute atomic E-state index is 0.732. The lowest BCUT2D eigenvalue weighted by atomic mass is 10.2. The van der Waals surface area contributed by atoms with Gasteiger partial charge in [-0.25, -0.2) is 0 Å². The van der Waals surface area contributed by atoms with Gasteiger partial charge in [0.1, 0.15) is 0 Å². The van der Waals surface area contributed by atoms with Crippen molar-refractivity contribution in [2.24, 2.45) is 10.9 Å². The van der Waals surface area contributed by atoms with Crippen LogP contribution >= 0.6 is 11.8 Å². The fourth-order valence-electron chi connectivity index (χ4n) is 2.60. The lowest BCUT2D eigenvalue weighted by Gasteiger charge is -2.21. The van der Waals surface area contributed by atoms with Crippen molar-refractivity contribution in [3.8, 4) is 0 Å². The standard InChI is InChI=1S/C17H27N3OS/c1-3-21-12-10-19-17(18-2)20-11-9-15(13-20)14-22-16-7-5-4-6-8-16/h4-8,15H,3,9-14H2,1-2H3,(H,18,19). The maximum atomic E-state index is 5.36. The van der Waals surface area contributed by atoms with Crippen LogP contribution < -0.4 is 5.32 Å². The van der Waals surface area contributed by atoms with Gasteiger partial charge < -0.3 is 15.0 Å². The largest absolute Gasteiger partial charge is 0.380 e. The number of hydrogen-bond donors (Lipinski definition) is 1. The third-order valence-electron chi connectivity index (χ3n) is 3.76. The number of nitrogens with zero attached hydrogens (tertiary/aromatic N) is 2. The van der Waals surface area contributed by atoms with Crippen molar-refractivity contribution in [2.45, 2.75) is 18.2 Å². The highest BCUT2D eigenvalue weighted by Gasteiger charge is 2.24. The lowest BCUT2D eigenvalue weighted by molar-refractivity contribution is 0.152. The lowest BCUT2D eigenvalue weighted by Crippen LogP contribution is -2.41. The third-order valence-corrected chi connectivity index (χ3v) is 5.00. The Morgan fingerprint density at radius 2 is 2.23 bits per heavy atom. The van der Waals surface area contributed by atoms with E-state index in [1.807, 2.05) is 25.7 Å². The van der Waals surface area contributed by atoms with Crippen molar-refractivity contribution in [3.05, 3.63) is 30.3 Å². The number of benzene rings is 1. The third kappa shape index (κ3) is 5.54. The van der Waals surface area contributed by atoms with E-state index in [0.717, 1.165) is 44.7 Å². The molecule has 122 valence electrons. The summed E-state index contributed by atoms with van der Waals surface area (Å²) in [5.41, 5.74) is 0. The van der Waals surface area contributed by atoms with Crippen LogP contribution in [0.25, 0.3) is 0 Å². The van der Waals surface area contributed by atoms with Crippen LogP contribution in [0.4, 0.5) is 0 Å². The molecule has 4 nitrogen and oxygen atoms in total. The van der Waals surface area contributed by atoms with E-state index in [1.165, 1.54) is 17.1 Å². The molecule has 5 heteroatoms. The van der Waals surface area contributed by atoms with E-state index >= 15 is 0 Å². The van der Waals surface area contributed by atoms with E-state index in [9.17, 15) is 0 Å². The summed E-state index contributed by atoms with van der Waals surface area (Å²) in [5.74, 6) is 2.92. The van der Waals surface area contributed by atoms with Gasteiger partial charge in [0.15, 0.2) is 5.96 Å². The van der Waals surface area contributed by atoms with Crippen molar-refractivity contribution in [3.63, 3.8) is 0 Å². The molecule has 22 heavy (non-hydrogen) atoms. The molecule has 0 amide bonds. The average molecular weight is 321 g/mol. The molecule has 1 aromatic rings. The quantitative estimate of drug-likeness (QED) is 0.363. The number of rotatable bonds is 7. The smallest absolute Gasteiger partial charge is 0.193 e. The second kappa shape index (κ2) is 9.74. The van der Waals surface area contributed by atoms with Gasteiger partial charge in [0.2, 0.25) is 0 Å². The SMILES string of the molecule is CCOCCNC(=NC)N1CCC(CSc2ccccc2)C1. The summed E-state index contributed by atoms with van der Waals surface area (Å²) >= 11 is 1.96. The predicted octanol–water partition coefficient (Wildman–Crippen LogP) is 2.71. The topological polar surface area (TPSA) is 36.9 Å². The maximum Gasteiger partial charge on any atom is 0.193 e. The molecule has 1 N–H and O–H groups in total. The number of guanidine groups is 1. The first-order chi connectivity index (χ1) is 10.8. The Labute approximate surface area is 138 Å². The van der Waals surface area contributed by atoms with Crippen molar-refractivity contribution in [1.82, 2.24) is 10.2 Å². The minimum Gasteiger partial charge on any atom is -0.380 e. The van der Waals surface area contributed by atoms with Gasteiger partial charge in [-0.3, -0.25) is 4.99 Å². The molecule has 1 aliphatic rings. The van der Waals surface area contributed by atoms with Gasteiger partial charge in [-0.1, -0.05) is 18.2 Å². The number of hydrogen-bond acceptors (Lipinski definition) is 3. The Balaban J connectivity index is 1.71. The molecule has 0 radical (unpaired) electrons. The summed E-state index contributed by atoms with van der Waals surface area (Å²) in [6, 6.07) is 10.7. The van der Waals surface area contributed by atoms with Gasteiger partial charge in [0.05, 0.1) is 6.61 Å². The number of aliphatic imine (C=N–C) groups is 1. The zero-order valence-electron chi connectivity index (χ0n) is 13.6. The first-order valence-corrected chi connectivity index (χ1v) is 9.03. The molecule has 0 aromatic heterocycles. The average Bonchev–Trinajstić information content (AvgIpc) is 3.03. The Hall–Kier alpha value is -1.20. The van der Waals surface area contributed by atoms with E-state index in [0.29, 0.717) is 0 Å². The molecule has 1 saturated heterocycles. The van der Waals surface area contributed by atoms with Gasteiger partial charge >= 0.3 is 0 Å². The van der Waals surface area contributed by atoms with Crippen LogP contribution in [0.15, 0.2) is 40.2 Å². The van der Waals surface area contributed by atoms with E-state index in [4.69, 9.17) is 4.74 Å². The second-order valence-corrected chi connectivity index (χ2v) is 6.49. The zero-order chi connectivity index (χ0) is 15.6. The van der Waals surface area contributed by atoms with Crippen molar-refractivity contribution < 1.29 is 4.74 Å². The van der Waals surface area contributed by atoms with E-state index in [-0.39, 0.29) is 0 Å². The summed E-state index contributed by atoms with van der Waals surface area (Å²) in [6.45, 7) is 6.52. The summed E-state index contributed by atoms with van der Waals surface area (Å²) < 4.78 is 5.36. The Kier molecular flexibility index (Phi) is 7.60. The maximum absolute atomic E-state index is 5.36. The molecule has 2 rings (SSSR count). The van der Waals surface area contributed by atoms with Crippen LogP contribution in [0.3, 0.4) is 0 Å². The molecule has 1 aromatic carbocycles. The summed E-state index contributed by atoms with van der Waals surface area (Å²) in [4.78, 5) is 8.11. The normalized spacial score (nSPS) is 18.7. The summed E-state index contributed by atoms with van der Waals surface area (Å²) in [7, 11) is 1.86. The number of thioether (sulfide) groups is 1. The van der Waals surface area contributed by atoms with Gasteiger partial charge in [-0.2, -0.15) is 0 Å². The zero-order valence-corrected chi connectivity index (χ0v) is 14.4. The van der Waals surface area contributed by atoms with Gasteiger partial charge in [0.25, 0.3) is 0 Å². The molecule has 0 aliphatic carbocycles. The van der Waals surface area contributed by atoms with Crippen LogP contribution in [-0.2, 0) is 4.74 Å². The van der Waals surface area contributed by atoms with E-state index in [2.05, 4.69) is 45.5 Å². The van der Waals surface area contributed by atoms with E-state index in [1.54, 1.807) is 0 Å². The van der Waals surface area contributed by atoms with Crippen LogP contribution in [0.5, 0.6) is 0 Å². The molecule has 1 aliphatic heterocycles. The van der Waals surface area contributed by atoms with Gasteiger partial charge in [0, 0.05) is 43.9 Å². The first-order valence-electron chi connectivity index (χ1n) is 8.04. The molecule has 0 bridgehead atoms. The highest BCUT2D eigenvalue weighted by molar-refractivity contribution is 7.99. The highest BCUT2D eigenvalue weighted by atomic mass is 32.2. The van der Waals surface area contributed by atoms with Crippen molar-refractivity contribution >= 4 is 17.7 Å². The van der Waals surface area contributed by atoms with Crippen molar-refractivity contribution in [2.75, 3.05) is 45.6 Å². The van der Waals surface area contributed by atoms with Crippen LogP contribution in [0, 0.1) is 5.92 Å². The fourth-order valence-corrected chi connectivity index (χ4v) is 3.65. The highest BCUT2D eigenvalue weighted by Crippen LogP contribution is 2.25. The van der Waals surface area contributed by atoms with Crippen LogP contribution in [0.2, 0.25) is 0 Å². The van der Waals surface area contributed by atoms with Crippen LogP contribution in [0.1, 0.15) is 13.3 Å². The monoisotopic (exact) mass is 321 g/mol. The molecule has 0 spiro atoms. The fraction of sp³-hybridized carbons (Fsp3) is 0.588. The van der Waals surface area contributed by atoms with Gasteiger partial charge in [-0.05, 0) is 31.4 Å². The first kappa shape index (κ1) is 17.2. The Morgan fingerprint density at radius 1 is 1.41 bits per heavy atom. The predicted molar refractivity (Wildman–Crippen MR) is 94.7 cm³/mol. The molecular weight excluding hydrogens is 294 g/mol. The molecule has 1 fully saturated rings. The number of likely N-dealkylation sites (tertiary alicyclic amines) is 1. The molecule has 1 atom stereocenters. The molecule has 1 heterocycles. The Morgan fingerprint density at radius 3 is 2.95 bits per heavy atom. The molecule has 0 saturated carbocycles. The van der Waals surface area contributed by atoms with Crippen LogP contribution in [-0.4, -0.2) is 56.5 Å². The van der Waals surface area contributed by atoms with E-state index < -0.39 is 0 Å². The van der Waals surface area contributed by atoms with Crippen molar-refractivity contribution in [1.29, 1.82) is 0 Å². The summed E-state index contributed by atoms with van der Waals surface area (Å²) in [5, 5.41) is 3.38. The second-order valence-electron chi connectivity index (χ2n) is 5.40.